The molecule has 1 aliphatic heterocycles. The van der Waals surface area contributed by atoms with Crippen molar-refractivity contribution < 1.29 is 13.2 Å². The van der Waals surface area contributed by atoms with Crippen LogP contribution in [-0.2, 0) is 16.4 Å². The maximum absolute atomic E-state index is 12.9. The summed E-state index contributed by atoms with van der Waals surface area (Å²) in [5, 5.41) is 3.07. The van der Waals surface area contributed by atoms with Gasteiger partial charge in [-0.2, -0.15) is 4.31 Å². The molecule has 1 amide bonds. The van der Waals surface area contributed by atoms with Gasteiger partial charge in [0.1, 0.15) is 0 Å². The van der Waals surface area contributed by atoms with E-state index in [1.807, 2.05) is 31.2 Å². The topological polar surface area (TPSA) is 66.5 Å². The van der Waals surface area contributed by atoms with Crippen LogP contribution in [0.1, 0.15) is 42.1 Å². The zero-order chi connectivity index (χ0) is 19.4. The summed E-state index contributed by atoms with van der Waals surface area (Å²) in [6, 6.07) is 11.8. The fourth-order valence-electron chi connectivity index (χ4n) is 3.23. The van der Waals surface area contributed by atoms with Crippen LogP contribution in [-0.4, -0.2) is 31.7 Å². The van der Waals surface area contributed by atoms with Crippen molar-refractivity contribution in [3.05, 3.63) is 58.6 Å². The molecule has 1 heterocycles. The third kappa shape index (κ3) is 4.34. The molecule has 3 rings (SSSR count). The highest BCUT2D eigenvalue weighted by Gasteiger charge is 2.27. The Hall–Kier alpha value is -1.89. The van der Waals surface area contributed by atoms with Gasteiger partial charge in [0, 0.05) is 18.8 Å². The van der Waals surface area contributed by atoms with E-state index in [0.29, 0.717) is 18.8 Å². The highest BCUT2D eigenvalue weighted by molar-refractivity contribution is 7.89. The molecule has 0 spiro atoms. The minimum atomic E-state index is -3.63. The summed E-state index contributed by atoms with van der Waals surface area (Å²) in [5.74, 6) is -0.420. The second kappa shape index (κ2) is 8.42. The van der Waals surface area contributed by atoms with E-state index < -0.39 is 15.9 Å². The Balaban J connectivity index is 1.90. The van der Waals surface area contributed by atoms with Crippen LogP contribution in [0.5, 0.6) is 0 Å². The lowest BCUT2D eigenvalue weighted by Gasteiger charge is -2.26. The zero-order valence-corrected chi connectivity index (χ0v) is 16.8. The number of carbonyl (C=O) groups is 1. The molecule has 5 nitrogen and oxygen atoms in total. The largest absolute Gasteiger partial charge is 0.322 e. The number of nitrogens with one attached hydrogen (secondary N) is 1. The Kier molecular flexibility index (Phi) is 6.19. The van der Waals surface area contributed by atoms with Crippen molar-refractivity contribution >= 4 is 33.2 Å². The zero-order valence-electron chi connectivity index (χ0n) is 15.2. The van der Waals surface area contributed by atoms with Crippen LogP contribution >= 0.6 is 11.6 Å². The molecule has 1 fully saturated rings. The van der Waals surface area contributed by atoms with Gasteiger partial charge in [0.15, 0.2) is 0 Å². The fourth-order valence-corrected chi connectivity index (χ4v) is 4.98. The Morgan fingerprint density at radius 1 is 1.11 bits per heavy atom. The molecule has 0 radical (unpaired) electrons. The third-order valence-electron chi connectivity index (χ3n) is 4.78. The van der Waals surface area contributed by atoms with Gasteiger partial charge in [-0.25, -0.2) is 8.42 Å². The number of piperidine rings is 1. The minimum Gasteiger partial charge on any atom is -0.322 e. The van der Waals surface area contributed by atoms with E-state index in [2.05, 4.69) is 5.32 Å². The fraction of sp³-hybridized carbons (Fsp3) is 0.350. The lowest BCUT2D eigenvalue weighted by atomic mass is 10.1. The molecule has 0 aromatic heterocycles. The van der Waals surface area contributed by atoms with Crippen molar-refractivity contribution in [2.45, 2.75) is 37.5 Å². The number of halogens is 1. The highest BCUT2D eigenvalue weighted by Crippen LogP contribution is 2.26. The van der Waals surface area contributed by atoms with Crippen LogP contribution in [0.4, 0.5) is 5.69 Å². The summed E-state index contributed by atoms with van der Waals surface area (Å²) >= 11 is 6.20. The number of rotatable bonds is 5. The first kappa shape index (κ1) is 19.9. The summed E-state index contributed by atoms with van der Waals surface area (Å²) in [6.45, 7) is 3.02. The number of para-hydroxylation sites is 1. The molecule has 27 heavy (non-hydrogen) atoms. The predicted molar refractivity (Wildman–Crippen MR) is 108 cm³/mol. The number of anilines is 1. The molecule has 1 N–H and O–H groups in total. The van der Waals surface area contributed by atoms with Gasteiger partial charge in [0.05, 0.1) is 15.5 Å². The standard InChI is InChI=1S/C20H23ClN2O3S/c1-2-15-8-4-5-9-19(15)22-20(24)17-14-16(10-11-18(17)21)27(25,26)23-12-6-3-7-13-23/h4-5,8-11,14H,2-3,6-7,12-13H2,1H3,(H,22,24). The van der Waals surface area contributed by atoms with Gasteiger partial charge in [-0.1, -0.05) is 43.1 Å². The van der Waals surface area contributed by atoms with Crippen LogP contribution in [0, 0.1) is 0 Å². The van der Waals surface area contributed by atoms with Crippen LogP contribution < -0.4 is 5.32 Å². The maximum atomic E-state index is 12.9. The number of hydrogen-bond acceptors (Lipinski definition) is 3. The van der Waals surface area contributed by atoms with Gasteiger partial charge in [0.2, 0.25) is 10.0 Å². The summed E-state index contributed by atoms with van der Waals surface area (Å²) < 4.78 is 27.2. The first-order valence-electron chi connectivity index (χ1n) is 9.12. The number of carbonyl (C=O) groups excluding carboxylic acids is 1. The summed E-state index contributed by atoms with van der Waals surface area (Å²) in [5.41, 5.74) is 1.85. The molecule has 7 heteroatoms. The molecule has 0 atom stereocenters. The molecular formula is C20H23ClN2O3S. The van der Waals surface area contributed by atoms with E-state index in [1.165, 1.54) is 22.5 Å². The monoisotopic (exact) mass is 406 g/mol. The van der Waals surface area contributed by atoms with Crippen LogP contribution in [0.3, 0.4) is 0 Å². The molecule has 1 saturated heterocycles. The number of sulfonamides is 1. The van der Waals surface area contributed by atoms with E-state index in [0.717, 1.165) is 31.2 Å². The molecule has 0 aliphatic carbocycles. The molecule has 0 unspecified atom stereocenters. The van der Waals surface area contributed by atoms with E-state index in [4.69, 9.17) is 11.6 Å². The van der Waals surface area contributed by atoms with Crippen molar-refractivity contribution in [1.82, 2.24) is 4.31 Å². The summed E-state index contributed by atoms with van der Waals surface area (Å²) in [7, 11) is -3.63. The Bertz CT molecular complexity index is 938. The molecular weight excluding hydrogens is 384 g/mol. The molecule has 144 valence electrons. The first-order chi connectivity index (χ1) is 12.9. The third-order valence-corrected chi connectivity index (χ3v) is 7.01. The Labute approximate surface area is 165 Å². The van der Waals surface area contributed by atoms with Gasteiger partial charge in [-0.05, 0) is 49.1 Å². The van der Waals surface area contributed by atoms with Crippen LogP contribution in [0.25, 0.3) is 0 Å². The molecule has 2 aromatic carbocycles. The summed E-state index contributed by atoms with van der Waals surface area (Å²) in [4.78, 5) is 12.9. The number of aryl methyl sites for hydroxylation is 1. The molecule has 0 saturated carbocycles. The van der Waals surface area contributed by atoms with Crippen molar-refractivity contribution in [2.75, 3.05) is 18.4 Å². The predicted octanol–water partition coefficient (Wildman–Crippen LogP) is 4.33. The Morgan fingerprint density at radius 3 is 2.52 bits per heavy atom. The Morgan fingerprint density at radius 2 is 1.81 bits per heavy atom. The van der Waals surface area contributed by atoms with Gasteiger partial charge in [-0.15, -0.1) is 0 Å². The van der Waals surface area contributed by atoms with E-state index in [9.17, 15) is 13.2 Å². The van der Waals surface area contributed by atoms with Crippen LogP contribution in [0.2, 0.25) is 5.02 Å². The number of amides is 1. The second-order valence-electron chi connectivity index (χ2n) is 6.57. The minimum absolute atomic E-state index is 0.0997. The van der Waals surface area contributed by atoms with E-state index in [-0.39, 0.29) is 15.5 Å². The van der Waals surface area contributed by atoms with Gasteiger partial charge >= 0.3 is 0 Å². The van der Waals surface area contributed by atoms with Gasteiger partial charge in [-0.3, -0.25) is 4.79 Å². The first-order valence-corrected chi connectivity index (χ1v) is 10.9. The number of hydrogen-bond donors (Lipinski definition) is 1. The van der Waals surface area contributed by atoms with E-state index in [1.54, 1.807) is 0 Å². The van der Waals surface area contributed by atoms with Crippen molar-refractivity contribution in [3.63, 3.8) is 0 Å². The van der Waals surface area contributed by atoms with E-state index >= 15 is 0 Å². The van der Waals surface area contributed by atoms with Crippen molar-refractivity contribution in [2.24, 2.45) is 0 Å². The molecule has 2 aromatic rings. The van der Waals surface area contributed by atoms with Gasteiger partial charge in [0.25, 0.3) is 5.91 Å². The highest BCUT2D eigenvalue weighted by atomic mass is 35.5. The molecule has 1 aliphatic rings. The smallest absolute Gasteiger partial charge is 0.257 e. The SMILES string of the molecule is CCc1ccccc1NC(=O)c1cc(S(=O)(=O)N2CCCCC2)ccc1Cl. The molecule has 0 bridgehead atoms. The lowest BCUT2D eigenvalue weighted by molar-refractivity contribution is 0.102. The number of nitrogens with zero attached hydrogens (tertiary/aromatic N) is 1. The normalized spacial score (nSPS) is 15.5. The summed E-state index contributed by atoms with van der Waals surface area (Å²) in [6.07, 6.45) is 3.52. The quantitative estimate of drug-likeness (QED) is 0.803. The lowest BCUT2D eigenvalue weighted by Crippen LogP contribution is -2.35. The second-order valence-corrected chi connectivity index (χ2v) is 8.92. The van der Waals surface area contributed by atoms with Crippen molar-refractivity contribution in [3.8, 4) is 0 Å². The van der Waals surface area contributed by atoms with Gasteiger partial charge < -0.3 is 5.32 Å². The number of benzene rings is 2. The maximum Gasteiger partial charge on any atom is 0.257 e. The average Bonchev–Trinajstić information content (AvgIpc) is 2.69. The average molecular weight is 407 g/mol. The van der Waals surface area contributed by atoms with Crippen LogP contribution in [0.15, 0.2) is 47.4 Å². The van der Waals surface area contributed by atoms with Crippen molar-refractivity contribution in [1.29, 1.82) is 0 Å².